The monoisotopic (exact) mass is 270 g/mol. The third kappa shape index (κ3) is 4.00. The van der Waals surface area contributed by atoms with Gasteiger partial charge >= 0.3 is 0 Å². The van der Waals surface area contributed by atoms with Gasteiger partial charge in [0.1, 0.15) is 12.4 Å². The zero-order valence-electron chi connectivity index (χ0n) is 12.2. The van der Waals surface area contributed by atoms with Gasteiger partial charge in [-0.05, 0) is 48.4 Å². The van der Waals surface area contributed by atoms with Crippen LogP contribution in [-0.4, -0.2) is 20.6 Å². The van der Waals surface area contributed by atoms with Crippen molar-refractivity contribution < 1.29 is 4.74 Å². The highest BCUT2D eigenvalue weighted by Crippen LogP contribution is 2.17. The maximum atomic E-state index is 5.82. The SMILES string of the molecule is CN(C)c1ccc(COc2cccc(CCN)c2)cc1. The van der Waals surface area contributed by atoms with Gasteiger partial charge in [0, 0.05) is 19.8 Å². The molecule has 106 valence electrons. The minimum Gasteiger partial charge on any atom is -0.489 e. The van der Waals surface area contributed by atoms with E-state index in [0.29, 0.717) is 13.2 Å². The van der Waals surface area contributed by atoms with Crippen LogP contribution in [0.1, 0.15) is 11.1 Å². The normalized spacial score (nSPS) is 10.3. The summed E-state index contributed by atoms with van der Waals surface area (Å²) in [5.74, 6) is 0.896. The Bertz CT molecular complexity index is 535. The van der Waals surface area contributed by atoms with Gasteiger partial charge in [0.2, 0.25) is 0 Å². The van der Waals surface area contributed by atoms with Crippen molar-refractivity contribution in [2.45, 2.75) is 13.0 Å². The molecule has 0 radical (unpaired) electrons. The summed E-state index contributed by atoms with van der Waals surface area (Å²) < 4.78 is 5.82. The molecule has 3 nitrogen and oxygen atoms in total. The zero-order chi connectivity index (χ0) is 14.4. The van der Waals surface area contributed by atoms with Gasteiger partial charge in [-0.3, -0.25) is 0 Å². The van der Waals surface area contributed by atoms with Crippen LogP contribution in [0.15, 0.2) is 48.5 Å². The van der Waals surface area contributed by atoms with Crippen LogP contribution >= 0.6 is 0 Å². The summed E-state index contributed by atoms with van der Waals surface area (Å²) in [4.78, 5) is 2.08. The number of rotatable bonds is 6. The fourth-order valence-electron chi connectivity index (χ4n) is 2.01. The van der Waals surface area contributed by atoms with E-state index < -0.39 is 0 Å². The van der Waals surface area contributed by atoms with Crippen molar-refractivity contribution >= 4 is 5.69 Å². The standard InChI is InChI=1S/C17H22N2O/c1-19(2)16-8-6-15(7-9-16)13-20-17-5-3-4-14(12-17)10-11-18/h3-9,12H,10-11,13,18H2,1-2H3. The lowest BCUT2D eigenvalue weighted by Crippen LogP contribution is -2.08. The Morgan fingerprint density at radius 3 is 2.40 bits per heavy atom. The lowest BCUT2D eigenvalue weighted by molar-refractivity contribution is 0.306. The number of anilines is 1. The smallest absolute Gasteiger partial charge is 0.120 e. The maximum absolute atomic E-state index is 5.82. The van der Waals surface area contributed by atoms with E-state index in [-0.39, 0.29) is 0 Å². The molecule has 0 unspecified atom stereocenters. The number of hydrogen-bond acceptors (Lipinski definition) is 3. The third-order valence-electron chi connectivity index (χ3n) is 3.19. The van der Waals surface area contributed by atoms with Gasteiger partial charge in [-0.25, -0.2) is 0 Å². The van der Waals surface area contributed by atoms with E-state index in [4.69, 9.17) is 10.5 Å². The number of ether oxygens (including phenoxy) is 1. The topological polar surface area (TPSA) is 38.5 Å². The van der Waals surface area contributed by atoms with E-state index in [1.807, 2.05) is 26.2 Å². The Morgan fingerprint density at radius 1 is 1.00 bits per heavy atom. The number of hydrogen-bond donors (Lipinski definition) is 1. The molecule has 0 amide bonds. The molecular weight excluding hydrogens is 248 g/mol. The average Bonchev–Trinajstić information content (AvgIpc) is 2.46. The molecule has 0 saturated heterocycles. The molecule has 2 N–H and O–H groups in total. The lowest BCUT2D eigenvalue weighted by Gasteiger charge is -2.13. The van der Waals surface area contributed by atoms with Gasteiger partial charge in [-0.1, -0.05) is 24.3 Å². The van der Waals surface area contributed by atoms with E-state index >= 15 is 0 Å². The van der Waals surface area contributed by atoms with Gasteiger partial charge in [-0.15, -0.1) is 0 Å². The van der Waals surface area contributed by atoms with Crippen LogP contribution in [0.5, 0.6) is 5.75 Å². The minimum absolute atomic E-state index is 0.583. The van der Waals surface area contributed by atoms with Crippen molar-refractivity contribution in [3.05, 3.63) is 59.7 Å². The van der Waals surface area contributed by atoms with E-state index in [0.717, 1.165) is 12.2 Å². The summed E-state index contributed by atoms with van der Waals surface area (Å²) in [6.07, 6.45) is 0.884. The molecule has 0 atom stereocenters. The molecule has 0 heterocycles. The Hall–Kier alpha value is -2.00. The van der Waals surface area contributed by atoms with Crippen LogP contribution in [0.2, 0.25) is 0 Å². The summed E-state index contributed by atoms with van der Waals surface area (Å²) in [7, 11) is 4.07. The quantitative estimate of drug-likeness (QED) is 0.877. The highest BCUT2D eigenvalue weighted by molar-refractivity contribution is 5.46. The second-order valence-corrected chi connectivity index (χ2v) is 5.04. The van der Waals surface area contributed by atoms with Gasteiger partial charge in [0.15, 0.2) is 0 Å². The molecule has 0 fully saturated rings. The van der Waals surface area contributed by atoms with Crippen LogP contribution in [0.25, 0.3) is 0 Å². The Morgan fingerprint density at radius 2 is 1.75 bits per heavy atom. The Balaban J connectivity index is 1.96. The average molecular weight is 270 g/mol. The minimum atomic E-state index is 0.583. The molecule has 20 heavy (non-hydrogen) atoms. The molecule has 0 spiro atoms. The van der Waals surface area contributed by atoms with E-state index in [1.165, 1.54) is 16.8 Å². The number of benzene rings is 2. The van der Waals surface area contributed by atoms with Gasteiger partial charge < -0.3 is 15.4 Å². The predicted octanol–water partition coefficient (Wildman–Crippen LogP) is 2.83. The van der Waals surface area contributed by atoms with Crippen LogP contribution < -0.4 is 15.4 Å². The van der Waals surface area contributed by atoms with Crippen molar-refractivity contribution in [3.63, 3.8) is 0 Å². The highest BCUT2D eigenvalue weighted by Gasteiger charge is 1.99. The summed E-state index contributed by atoms with van der Waals surface area (Å²) in [5.41, 5.74) is 9.14. The van der Waals surface area contributed by atoms with Crippen LogP contribution in [0.3, 0.4) is 0 Å². The third-order valence-corrected chi connectivity index (χ3v) is 3.19. The van der Waals surface area contributed by atoms with Crippen LogP contribution in [-0.2, 0) is 13.0 Å². The zero-order valence-corrected chi connectivity index (χ0v) is 12.2. The molecule has 2 rings (SSSR count). The van der Waals surface area contributed by atoms with Crippen LogP contribution in [0, 0.1) is 0 Å². The Kier molecular flexibility index (Phi) is 5.02. The van der Waals surface area contributed by atoms with Gasteiger partial charge in [0.05, 0.1) is 0 Å². The van der Waals surface area contributed by atoms with E-state index in [1.54, 1.807) is 0 Å². The highest BCUT2D eigenvalue weighted by atomic mass is 16.5. The molecule has 0 bridgehead atoms. The molecule has 0 aliphatic carbocycles. The maximum Gasteiger partial charge on any atom is 0.120 e. The number of nitrogens with two attached hydrogens (primary N) is 1. The first kappa shape index (κ1) is 14.4. The molecule has 3 heteroatoms. The fraction of sp³-hybridized carbons (Fsp3) is 0.294. The van der Waals surface area contributed by atoms with E-state index in [9.17, 15) is 0 Å². The number of nitrogens with zero attached hydrogens (tertiary/aromatic N) is 1. The molecule has 0 aliphatic heterocycles. The Labute approximate surface area is 121 Å². The van der Waals surface area contributed by atoms with Crippen LogP contribution in [0.4, 0.5) is 5.69 Å². The second-order valence-electron chi connectivity index (χ2n) is 5.04. The van der Waals surface area contributed by atoms with Gasteiger partial charge in [-0.2, -0.15) is 0 Å². The van der Waals surface area contributed by atoms with Crippen molar-refractivity contribution in [2.24, 2.45) is 5.73 Å². The first-order valence-corrected chi connectivity index (χ1v) is 6.87. The summed E-state index contributed by atoms with van der Waals surface area (Å²) >= 11 is 0. The van der Waals surface area contributed by atoms with Crippen molar-refractivity contribution in [1.82, 2.24) is 0 Å². The summed E-state index contributed by atoms with van der Waals surface area (Å²) in [5, 5.41) is 0. The summed E-state index contributed by atoms with van der Waals surface area (Å²) in [6, 6.07) is 16.5. The predicted molar refractivity (Wildman–Crippen MR) is 84.3 cm³/mol. The molecule has 2 aromatic carbocycles. The molecule has 0 aliphatic rings. The fourth-order valence-corrected chi connectivity index (χ4v) is 2.01. The first-order chi connectivity index (χ1) is 9.69. The van der Waals surface area contributed by atoms with Crippen molar-refractivity contribution in [1.29, 1.82) is 0 Å². The molecule has 2 aromatic rings. The van der Waals surface area contributed by atoms with Crippen molar-refractivity contribution in [2.75, 3.05) is 25.5 Å². The molecule has 0 aromatic heterocycles. The molecular formula is C17H22N2O. The first-order valence-electron chi connectivity index (χ1n) is 6.87. The van der Waals surface area contributed by atoms with E-state index in [2.05, 4.69) is 41.3 Å². The molecule has 0 saturated carbocycles. The summed E-state index contributed by atoms with van der Waals surface area (Å²) in [6.45, 7) is 1.25. The van der Waals surface area contributed by atoms with Gasteiger partial charge in [0.25, 0.3) is 0 Å². The lowest BCUT2D eigenvalue weighted by atomic mass is 10.1. The van der Waals surface area contributed by atoms with Crippen molar-refractivity contribution in [3.8, 4) is 5.75 Å². The second kappa shape index (κ2) is 6.96. The largest absolute Gasteiger partial charge is 0.489 e.